The summed E-state index contributed by atoms with van der Waals surface area (Å²) >= 11 is 0. The average Bonchev–Trinajstić information content (AvgIpc) is 2.12. The van der Waals surface area contributed by atoms with Gasteiger partial charge in [0.2, 0.25) is 10.0 Å². The fourth-order valence-electron chi connectivity index (χ4n) is 1.23. The van der Waals surface area contributed by atoms with Crippen molar-refractivity contribution in [2.45, 2.75) is 12.8 Å². The summed E-state index contributed by atoms with van der Waals surface area (Å²) in [4.78, 5) is 10.2. The van der Waals surface area contributed by atoms with Gasteiger partial charge in [0.05, 0.1) is 6.26 Å². The normalized spacial score (nSPS) is 11.0. The Hall–Kier alpha value is -1.36. The van der Waals surface area contributed by atoms with Crippen molar-refractivity contribution in [1.82, 2.24) is 0 Å². The molecule has 0 aliphatic heterocycles. The molecule has 0 amide bonds. The van der Waals surface area contributed by atoms with Crippen LogP contribution >= 0.6 is 0 Å². The number of rotatable bonds is 5. The third-order valence-electron chi connectivity index (χ3n) is 1.78. The van der Waals surface area contributed by atoms with E-state index in [0.717, 1.165) is 18.1 Å². The van der Waals surface area contributed by atoms with E-state index in [9.17, 15) is 13.2 Å². The zero-order valence-electron chi connectivity index (χ0n) is 8.43. The molecule has 0 atom stereocenters. The smallest absolute Gasteiger partial charge is 0.229 e. The van der Waals surface area contributed by atoms with Crippen LogP contribution in [0.15, 0.2) is 24.3 Å². The second-order valence-electron chi connectivity index (χ2n) is 3.28. The lowest BCUT2D eigenvalue weighted by atomic mass is 10.1. The number of nitrogens with one attached hydrogen (secondary N) is 1. The lowest BCUT2D eigenvalue weighted by Crippen LogP contribution is -2.09. The van der Waals surface area contributed by atoms with Gasteiger partial charge in [0.15, 0.2) is 0 Å². The van der Waals surface area contributed by atoms with Crippen molar-refractivity contribution < 1.29 is 13.2 Å². The van der Waals surface area contributed by atoms with E-state index in [1.54, 1.807) is 18.2 Å². The van der Waals surface area contributed by atoms with E-state index in [-0.39, 0.29) is 0 Å². The molecule has 1 aromatic rings. The third kappa shape index (κ3) is 4.60. The molecule has 0 bridgehead atoms. The van der Waals surface area contributed by atoms with Crippen LogP contribution in [0.3, 0.4) is 0 Å². The van der Waals surface area contributed by atoms with Crippen LogP contribution in [0.1, 0.15) is 12.0 Å². The van der Waals surface area contributed by atoms with E-state index in [4.69, 9.17) is 0 Å². The predicted molar refractivity (Wildman–Crippen MR) is 59.3 cm³/mol. The fraction of sp³-hybridized carbons (Fsp3) is 0.300. The van der Waals surface area contributed by atoms with Crippen molar-refractivity contribution in [2.75, 3.05) is 11.0 Å². The minimum absolute atomic E-state index is 0.447. The average molecular weight is 227 g/mol. The maximum atomic E-state index is 11.0. The van der Waals surface area contributed by atoms with Crippen LogP contribution in [0.5, 0.6) is 0 Å². The summed E-state index contributed by atoms with van der Waals surface area (Å²) in [5.41, 5.74) is 1.47. The fourth-order valence-corrected chi connectivity index (χ4v) is 1.79. The van der Waals surface area contributed by atoms with Crippen LogP contribution in [-0.2, 0) is 21.2 Å². The highest BCUT2D eigenvalue weighted by Gasteiger charge is 2.01. The Kier molecular flexibility index (Phi) is 3.85. The first-order valence-electron chi connectivity index (χ1n) is 4.51. The van der Waals surface area contributed by atoms with E-state index in [0.29, 0.717) is 18.5 Å². The Labute approximate surface area is 89.4 Å². The van der Waals surface area contributed by atoms with Gasteiger partial charge in [-0.2, -0.15) is 0 Å². The lowest BCUT2D eigenvalue weighted by molar-refractivity contribution is -0.107. The zero-order chi connectivity index (χ0) is 11.3. The molecule has 0 fully saturated rings. The van der Waals surface area contributed by atoms with Gasteiger partial charge in [-0.3, -0.25) is 4.72 Å². The van der Waals surface area contributed by atoms with E-state index < -0.39 is 10.0 Å². The third-order valence-corrected chi connectivity index (χ3v) is 2.39. The van der Waals surface area contributed by atoms with Gasteiger partial charge in [-0.1, -0.05) is 12.1 Å². The molecular weight excluding hydrogens is 214 g/mol. The van der Waals surface area contributed by atoms with E-state index in [1.165, 1.54) is 0 Å². The second-order valence-corrected chi connectivity index (χ2v) is 5.03. The van der Waals surface area contributed by atoms with Gasteiger partial charge in [-0.15, -0.1) is 0 Å². The standard InChI is InChI=1S/C10H13NO3S/c1-15(13,14)11-10-6-2-4-9(8-10)5-3-7-12/h2,4,6-8,11H,3,5H2,1H3. The first kappa shape index (κ1) is 11.7. The molecule has 0 aliphatic rings. The molecule has 15 heavy (non-hydrogen) atoms. The molecule has 5 heteroatoms. The minimum Gasteiger partial charge on any atom is -0.303 e. The highest BCUT2D eigenvalue weighted by Crippen LogP contribution is 2.12. The minimum atomic E-state index is -3.23. The first-order chi connectivity index (χ1) is 7.01. The van der Waals surface area contributed by atoms with E-state index in [2.05, 4.69) is 4.72 Å². The van der Waals surface area contributed by atoms with E-state index >= 15 is 0 Å². The molecule has 1 aromatic carbocycles. The molecule has 0 radical (unpaired) electrons. The Bertz CT molecular complexity index is 440. The molecule has 0 aromatic heterocycles. The maximum absolute atomic E-state index is 11.0. The topological polar surface area (TPSA) is 63.2 Å². The first-order valence-corrected chi connectivity index (χ1v) is 6.41. The van der Waals surface area contributed by atoms with Crippen molar-refractivity contribution in [3.63, 3.8) is 0 Å². The number of benzene rings is 1. The SMILES string of the molecule is CS(=O)(=O)Nc1cccc(CCC=O)c1. The number of hydrogen-bond acceptors (Lipinski definition) is 3. The Morgan fingerprint density at radius 3 is 2.73 bits per heavy atom. The summed E-state index contributed by atoms with van der Waals surface area (Å²) in [7, 11) is -3.23. The Morgan fingerprint density at radius 1 is 1.40 bits per heavy atom. The molecule has 1 N–H and O–H groups in total. The molecule has 0 saturated heterocycles. The quantitative estimate of drug-likeness (QED) is 0.768. The van der Waals surface area contributed by atoms with Crippen molar-refractivity contribution in [2.24, 2.45) is 0 Å². The second kappa shape index (κ2) is 4.93. The van der Waals surface area contributed by atoms with Gasteiger partial charge in [0, 0.05) is 12.1 Å². The lowest BCUT2D eigenvalue weighted by Gasteiger charge is -2.05. The maximum Gasteiger partial charge on any atom is 0.229 e. The number of aldehydes is 1. The summed E-state index contributed by atoms with van der Waals surface area (Å²) in [5.74, 6) is 0. The largest absolute Gasteiger partial charge is 0.303 e. The van der Waals surface area contributed by atoms with Crippen LogP contribution in [0.2, 0.25) is 0 Å². The monoisotopic (exact) mass is 227 g/mol. The van der Waals surface area contributed by atoms with Crippen LogP contribution in [-0.4, -0.2) is 21.0 Å². The van der Waals surface area contributed by atoms with Crippen LogP contribution in [0.25, 0.3) is 0 Å². The van der Waals surface area contributed by atoms with Gasteiger partial charge in [-0.05, 0) is 24.1 Å². The van der Waals surface area contributed by atoms with Gasteiger partial charge >= 0.3 is 0 Å². The summed E-state index contributed by atoms with van der Waals surface area (Å²) in [6.07, 6.45) is 3.02. The molecule has 0 aliphatic carbocycles. The summed E-state index contributed by atoms with van der Waals surface area (Å²) in [6, 6.07) is 7.01. The van der Waals surface area contributed by atoms with Crippen LogP contribution < -0.4 is 4.72 Å². The number of anilines is 1. The van der Waals surface area contributed by atoms with Crippen molar-refractivity contribution in [3.8, 4) is 0 Å². The number of carbonyl (C=O) groups excluding carboxylic acids is 1. The number of hydrogen-bond donors (Lipinski definition) is 1. The molecule has 0 unspecified atom stereocenters. The highest BCUT2D eigenvalue weighted by molar-refractivity contribution is 7.92. The van der Waals surface area contributed by atoms with Gasteiger partial charge in [-0.25, -0.2) is 8.42 Å². The molecule has 0 spiro atoms. The van der Waals surface area contributed by atoms with Crippen molar-refractivity contribution >= 4 is 22.0 Å². The number of carbonyl (C=O) groups is 1. The molecular formula is C10H13NO3S. The van der Waals surface area contributed by atoms with Gasteiger partial charge in [0.1, 0.15) is 6.29 Å². The highest BCUT2D eigenvalue weighted by atomic mass is 32.2. The number of aryl methyl sites for hydroxylation is 1. The summed E-state index contributed by atoms with van der Waals surface area (Å²) in [5, 5.41) is 0. The molecule has 0 heterocycles. The van der Waals surface area contributed by atoms with Crippen molar-refractivity contribution in [3.05, 3.63) is 29.8 Å². The van der Waals surface area contributed by atoms with Crippen molar-refractivity contribution in [1.29, 1.82) is 0 Å². The Balaban J connectivity index is 2.78. The molecule has 0 saturated carbocycles. The zero-order valence-corrected chi connectivity index (χ0v) is 9.25. The summed E-state index contributed by atoms with van der Waals surface area (Å²) in [6.45, 7) is 0. The Morgan fingerprint density at radius 2 is 2.13 bits per heavy atom. The predicted octanol–water partition coefficient (Wildman–Crippen LogP) is 1.19. The van der Waals surface area contributed by atoms with Gasteiger partial charge in [0.25, 0.3) is 0 Å². The van der Waals surface area contributed by atoms with E-state index in [1.807, 2.05) is 6.07 Å². The number of sulfonamides is 1. The molecule has 4 nitrogen and oxygen atoms in total. The molecule has 1 rings (SSSR count). The van der Waals surface area contributed by atoms with Gasteiger partial charge < -0.3 is 4.79 Å². The summed E-state index contributed by atoms with van der Waals surface area (Å²) < 4.78 is 24.3. The molecule has 82 valence electrons. The van der Waals surface area contributed by atoms with Crippen LogP contribution in [0.4, 0.5) is 5.69 Å². The van der Waals surface area contributed by atoms with Crippen LogP contribution in [0, 0.1) is 0 Å².